The summed E-state index contributed by atoms with van der Waals surface area (Å²) in [7, 11) is 1.43. The summed E-state index contributed by atoms with van der Waals surface area (Å²) in [6.45, 7) is 4.70. The Balaban J connectivity index is 2.36. The third-order valence-corrected chi connectivity index (χ3v) is 3.99. The molecule has 1 saturated heterocycles. The normalized spacial score (nSPS) is 15.5. The van der Waals surface area contributed by atoms with Crippen molar-refractivity contribution in [3.63, 3.8) is 0 Å². The molecule has 3 amide bonds. The van der Waals surface area contributed by atoms with E-state index in [4.69, 9.17) is 5.11 Å². The molecule has 0 spiro atoms. The van der Waals surface area contributed by atoms with Crippen LogP contribution < -0.4 is 5.32 Å². The van der Waals surface area contributed by atoms with E-state index in [0.29, 0.717) is 0 Å². The molecular formula is C14H25N3O4. The van der Waals surface area contributed by atoms with Crippen molar-refractivity contribution in [3.05, 3.63) is 0 Å². The molecule has 1 aliphatic rings. The first-order valence-electron chi connectivity index (χ1n) is 7.29. The zero-order valence-corrected chi connectivity index (χ0v) is 13.0. The molecular weight excluding hydrogens is 274 g/mol. The summed E-state index contributed by atoms with van der Waals surface area (Å²) in [6.07, 6.45) is 3.48. The number of nitrogens with zero attached hydrogens (tertiary/aromatic N) is 2. The topological polar surface area (TPSA) is 90.0 Å². The molecule has 0 saturated carbocycles. The van der Waals surface area contributed by atoms with Crippen LogP contribution in [0.2, 0.25) is 0 Å². The van der Waals surface area contributed by atoms with Crippen LogP contribution in [0.15, 0.2) is 0 Å². The van der Waals surface area contributed by atoms with Gasteiger partial charge < -0.3 is 20.2 Å². The maximum Gasteiger partial charge on any atom is 0.329 e. The lowest BCUT2D eigenvalue weighted by Gasteiger charge is -2.31. The lowest BCUT2D eigenvalue weighted by atomic mass is 10.1. The van der Waals surface area contributed by atoms with E-state index < -0.39 is 17.5 Å². The Morgan fingerprint density at radius 1 is 1.19 bits per heavy atom. The van der Waals surface area contributed by atoms with Crippen molar-refractivity contribution >= 4 is 17.9 Å². The van der Waals surface area contributed by atoms with E-state index in [0.717, 1.165) is 37.3 Å². The van der Waals surface area contributed by atoms with Crippen molar-refractivity contribution < 1.29 is 19.5 Å². The SMILES string of the molecule is CN(C(=O)NCCC(=O)N1CCCCC1)C(C)(C)C(=O)O. The van der Waals surface area contributed by atoms with Crippen LogP contribution in [0.4, 0.5) is 4.79 Å². The lowest BCUT2D eigenvalue weighted by molar-refractivity contribution is -0.147. The molecule has 0 bridgehead atoms. The maximum absolute atomic E-state index is 11.9. The molecule has 2 N–H and O–H groups in total. The van der Waals surface area contributed by atoms with Gasteiger partial charge in [0, 0.05) is 33.1 Å². The molecule has 1 rings (SSSR count). The average molecular weight is 299 g/mol. The zero-order valence-electron chi connectivity index (χ0n) is 13.0. The minimum atomic E-state index is -1.29. The molecule has 0 aromatic rings. The maximum atomic E-state index is 11.9. The van der Waals surface area contributed by atoms with Crippen LogP contribution in [0.25, 0.3) is 0 Å². The smallest absolute Gasteiger partial charge is 0.329 e. The Hall–Kier alpha value is -1.79. The second-order valence-corrected chi connectivity index (χ2v) is 5.85. The Morgan fingerprint density at radius 2 is 1.76 bits per heavy atom. The molecule has 1 heterocycles. The van der Waals surface area contributed by atoms with Gasteiger partial charge in [0.25, 0.3) is 0 Å². The first-order valence-corrected chi connectivity index (χ1v) is 7.29. The summed E-state index contributed by atoms with van der Waals surface area (Å²) in [5, 5.41) is 11.7. The molecule has 0 radical (unpaired) electrons. The molecule has 1 aliphatic heterocycles. The summed E-state index contributed by atoms with van der Waals surface area (Å²) in [6, 6.07) is -0.492. The Labute approximate surface area is 125 Å². The summed E-state index contributed by atoms with van der Waals surface area (Å²) in [4.78, 5) is 37.8. The first-order chi connectivity index (χ1) is 9.76. The van der Waals surface area contributed by atoms with Crippen LogP contribution in [0.1, 0.15) is 39.5 Å². The number of amides is 3. The van der Waals surface area contributed by atoms with E-state index in [2.05, 4.69) is 5.32 Å². The number of carboxylic acid groups (broad SMARTS) is 1. The van der Waals surface area contributed by atoms with Crippen LogP contribution in [0, 0.1) is 0 Å². The van der Waals surface area contributed by atoms with Crippen LogP contribution in [-0.2, 0) is 9.59 Å². The minimum absolute atomic E-state index is 0.0372. The standard InChI is InChI=1S/C14H25N3O4/c1-14(2,12(19)20)16(3)13(21)15-8-7-11(18)17-9-5-4-6-10-17/h4-10H2,1-3H3,(H,15,21)(H,19,20). The van der Waals surface area contributed by atoms with Crippen molar-refractivity contribution in [1.29, 1.82) is 0 Å². The molecule has 0 aromatic heterocycles. The van der Waals surface area contributed by atoms with Crippen molar-refractivity contribution in [3.8, 4) is 0 Å². The Bertz CT molecular complexity index is 403. The fraction of sp³-hybridized carbons (Fsp3) is 0.786. The number of carbonyl (C=O) groups excluding carboxylic acids is 2. The second-order valence-electron chi connectivity index (χ2n) is 5.85. The van der Waals surface area contributed by atoms with Crippen molar-refractivity contribution in [2.24, 2.45) is 0 Å². The molecule has 0 aliphatic carbocycles. The predicted octanol–water partition coefficient (Wildman–Crippen LogP) is 0.894. The minimum Gasteiger partial charge on any atom is -0.480 e. The highest BCUT2D eigenvalue weighted by molar-refractivity contribution is 5.85. The summed E-state index contributed by atoms with van der Waals surface area (Å²) < 4.78 is 0. The summed E-state index contributed by atoms with van der Waals surface area (Å²) in [5.41, 5.74) is -1.29. The van der Waals surface area contributed by atoms with Gasteiger partial charge in [-0.25, -0.2) is 9.59 Å². The van der Waals surface area contributed by atoms with E-state index >= 15 is 0 Å². The number of carboxylic acids is 1. The molecule has 0 atom stereocenters. The number of urea groups is 1. The van der Waals surface area contributed by atoms with E-state index in [9.17, 15) is 14.4 Å². The van der Waals surface area contributed by atoms with Gasteiger partial charge in [0.1, 0.15) is 5.54 Å². The first kappa shape index (κ1) is 17.3. The molecule has 0 unspecified atom stereocenters. The fourth-order valence-corrected chi connectivity index (χ4v) is 2.09. The van der Waals surface area contributed by atoms with Gasteiger partial charge in [-0.1, -0.05) is 0 Å². The molecule has 1 fully saturated rings. The lowest BCUT2D eigenvalue weighted by Crippen LogP contribution is -2.54. The van der Waals surface area contributed by atoms with Crippen molar-refractivity contribution in [1.82, 2.24) is 15.1 Å². The molecule has 21 heavy (non-hydrogen) atoms. The van der Waals surface area contributed by atoms with Crippen LogP contribution >= 0.6 is 0 Å². The third kappa shape index (κ3) is 4.61. The highest BCUT2D eigenvalue weighted by Gasteiger charge is 2.35. The van der Waals surface area contributed by atoms with Gasteiger partial charge in [-0.3, -0.25) is 4.79 Å². The molecule has 120 valence electrons. The van der Waals surface area contributed by atoms with Crippen molar-refractivity contribution in [2.45, 2.75) is 45.1 Å². The summed E-state index contributed by atoms with van der Waals surface area (Å²) in [5.74, 6) is -1.04. The van der Waals surface area contributed by atoms with Gasteiger partial charge in [-0.05, 0) is 33.1 Å². The van der Waals surface area contributed by atoms with Gasteiger partial charge in [0.15, 0.2) is 0 Å². The number of likely N-dealkylation sites (tertiary alicyclic amines) is 1. The van der Waals surface area contributed by atoms with Gasteiger partial charge in [0.2, 0.25) is 5.91 Å². The van der Waals surface area contributed by atoms with Crippen molar-refractivity contribution in [2.75, 3.05) is 26.7 Å². The van der Waals surface area contributed by atoms with Gasteiger partial charge in [-0.15, -0.1) is 0 Å². The number of rotatable bonds is 5. The van der Waals surface area contributed by atoms with E-state index in [1.807, 2.05) is 4.90 Å². The van der Waals surface area contributed by atoms with Gasteiger partial charge in [-0.2, -0.15) is 0 Å². The number of hydrogen-bond donors (Lipinski definition) is 2. The highest BCUT2D eigenvalue weighted by Crippen LogP contribution is 2.12. The Kier molecular flexibility index (Phi) is 5.99. The van der Waals surface area contributed by atoms with E-state index in [1.54, 1.807) is 0 Å². The number of carbonyl (C=O) groups is 3. The fourth-order valence-electron chi connectivity index (χ4n) is 2.09. The third-order valence-electron chi connectivity index (χ3n) is 3.99. The highest BCUT2D eigenvalue weighted by atomic mass is 16.4. The predicted molar refractivity (Wildman–Crippen MR) is 77.9 cm³/mol. The monoisotopic (exact) mass is 299 g/mol. The number of aliphatic carboxylic acids is 1. The van der Waals surface area contributed by atoms with Crippen LogP contribution in [0.5, 0.6) is 0 Å². The Morgan fingerprint density at radius 3 is 2.29 bits per heavy atom. The average Bonchev–Trinajstić information content (AvgIpc) is 2.46. The number of hydrogen-bond acceptors (Lipinski definition) is 3. The molecule has 7 heteroatoms. The van der Waals surface area contributed by atoms with Gasteiger partial charge >= 0.3 is 12.0 Å². The molecule has 7 nitrogen and oxygen atoms in total. The van der Waals surface area contributed by atoms with E-state index in [-0.39, 0.29) is 18.9 Å². The number of nitrogens with one attached hydrogen (secondary N) is 1. The van der Waals surface area contributed by atoms with E-state index in [1.165, 1.54) is 20.9 Å². The number of piperidine rings is 1. The zero-order chi connectivity index (χ0) is 16.0. The second kappa shape index (κ2) is 7.28. The molecule has 0 aromatic carbocycles. The largest absolute Gasteiger partial charge is 0.480 e. The van der Waals surface area contributed by atoms with Crippen LogP contribution in [-0.4, -0.2) is 65.0 Å². The van der Waals surface area contributed by atoms with Crippen LogP contribution in [0.3, 0.4) is 0 Å². The quantitative estimate of drug-likeness (QED) is 0.789. The number of likely N-dealkylation sites (N-methyl/N-ethyl adjacent to an activating group) is 1. The van der Waals surface area contributed by atoms with Gasteiger partial charge in [0.05, 0.1) is 0 Å². The summed E-state index contributed by atoms with van der Waals surface area (Å²) >= 11 is 0.